The molecule has 0 aromatic heterocycles. The minimum Gasteiger partial charge on any atom is -0.759 e. The third kappa shape index (κ3) is 30.7. The van der Waals surface area contributed by atoms with Gasteiger partial charge in [0.05, 0.1) is 0 Å². The Hall–Kier alpha value is -0.170. The van der Waals surface area contributed by atoms with Gasteiger partial charge in [-0.1, -0.05) is 71.6 Å². The van der Waals surface area contributed by atoms with E-state index in [2.05, 4.69) is 13.8 Å². The Morgan fingerprint density at radius 1 is 0.900 bits per heavy atom. The minimum atomic E-state index is -5.17. The van der Waals surface area contributed by atoms with Crippen LogP contribution in [0.1, 0.15) is 78.1 Å². The standard InChI is InChI=1S/C14H30O.H2O4S/c1-3-4-5-6-8-11-14(2)12-9-7-10-13-15;1-5(2,3)4/h14-15H,3-13H2,1-2H3;(H2,1,2,3,4)/p-2. The van der Waals surface area contributed by atoms with Crippen LogP contribution in [0.15, 0.2) is 0 Å². The molecule has 0 amide bonds. The molecule has 124 valence electrons. The van der Waals surface area contributed by atoms with Crippen molar-refractivity contribution in [2.75, 3.05) is 6.61 Å². The summed E-state index contributed by atoms with van der Waals surface area (Å²) in [5.41, 5.74) is 0. The zero-order chi connectivity index (χ0) is 15.9. The summed E-state index contributed by atoms with van der Waals surface area (Å²) >= 11 is 0. The summed E-state index contributed by atoms with van der Waals surface area (Å²) in [4.78, 5) is 0. The first-order chi connectivity index (χ1) is 9.31. The third-order valence-corrected chi connectivity index (χ3v) is 3.16. The van der Waals surface area contributed by atoms with Gasteiger partial charge in [-0.2, -0.15) is 0 Å². The molecular weight excluding hydrogens is 280 g/mol. The predicted molar refractivity (Wildman–Crippen MR) is 78.6 cm³/mol. The van der Waals surface area contributed by atoms with E-state index in [9.17, 15) is 0 Å². The average molecular weight is 310 g/mol. The van der Waals surface area contributed by atoms with Gasteiger partial charge in [0.2, 0.25) is 0 Å². The van der Waals surface area contributed by atoms with E-state index in [1.165, 1.54) is 57.8 Å². The number of unbranched alkanes of at least 4 members (excludes halogenated alkanes) is 6. The molecule has 1 N–H and O–H groups in total. The topological polar surface area (TPSA) is 100 Å². The summed E-state index contributed by atoms with van der Waals surface area (Å²) in [5.74, 6) is 0.894. The molecule has 0 bridgehead atoms. The molecule has 0 saturated carbocycles. The Balaban J connectivity index is 0. The highest BCUT2D eigenvalue weighted by Crippen LogP contribution is 2.17. The monoisotopic (exact) mass is 310 g/mol. The van der Waals surface area contributed by atoms with Gasteiger partial charge in [-0.05, 0) is 12.3 Å². The first kappa shape index (κ1) is 22.1. The first-order valence-corrected chi connectivity index (χ1v) is 8.92. The van der Waals surface area contributed by atoms with Gasteiger partial charge in [-0.15, -0.1) is 0 Å². The van der Waals surface area contributed by atoms with E-state index in [0.717, 1.165) is 12.3 Å². The van der Waals surface area contributed by atoms with E-state index >= 15 is 0 Å². The molecule has 1 atom stereocenters. The Morgan fingerprint density at radius 3 is 1.70 bits per heavy atom. The van der Waals surface area contributed by atoms with Crippen molar-refractivity contribution in [2.24, 2.45) is 5.92 Å². The van der Waals surface area contributed by atoms with Gasteiger partial charge in [0, 0.05) is 17.0 Å². The molecular formula is C14H30O5S-2. The number of hydrogen-bond acceptors (Lipinski definition) is 5. The molecule has 20 heavy (non-hydrogen) atoms. The van der Waals surface area contributed by atoms with Crippen molar-refractivity contribution in [3.05, 3.63) is 0 Å². The molecule has 0 saturated heterocycles. The maximum absolute atomic E-state index is 8.66. The van der Waals surface area contributed by atoms with Crippen molar-refractivity contribution in [3.8, 4) is 0 Å². The average Bonchev–Trinajstić information content (AvgIpc) is 2.32. The van der Waals surface area contributed by atoms with E-state index in [1.807, 2.05) is 0 Å². The Labute approximate surface area is 124 Å². The van der Waals surface area contributed by atoms with Crippen LogP contribution in [-0.2, 0) is 10.4 Å². The lowest BCUT2D eigenvalue weighted by atomic mass is 9.96. The SMILES string of the molecule is CCCCCCCC(C)CCCCCO.O=S(=O)([O-])[O-]. The van der Waals surface area contributed by atoms with Crippen molar-refractivity contribution in [1.82, 2.24) is 0 Å². The van der Waals surface area contributed by atoms with Crippen LogP contribution >= 0.6 is 0 Å². The second kappa shape index (κ2) is 15.2. The molecule has 0 aliphatic rings. The molecule has 5 nitrogen and oxygen atoms in total. The smallest absolute Gasteiger partial charge is 0.0431 e. The van der Waals surface area contributed by atoms with Gasteiger partial charge in [0.1, 0.15) is 0 Å². The zero-order valence-corrected chi connectivity index (χ0v) is 13.7. The van der Waals surface area contributed by atoms with Crippen molar-refractivity contribution in [2.45, 2.75) is 78.1 Å². The van der Waals surface area contributed by atoms with Crippen LogP contribution in [0.4, 0.5) is 0 Å². The molecule has 0 spiro atoms. The predicted octanol–water partition coefficient (Wildman–Crippen LogP) is 3.20. The highest BCUT2D eigenvalue weighted by molar-refractivity contribution is 7.79. The third-order valence-electron chi connectivity index (χ3n) is 3.16. The zero-order valence-electron chi connectivity index (χ0n) is 12.8. The fourth-order valence-electron chi connectivity index (χ4n) is 2.02. The van der Waals surface area contributed by atoms with Gasteiger partial charge in [-0.3, -0.25) is 8.42 Å². The fraction of sp³-hybridized carbons (Fsp3) is 1.00. The molecule has 0 aromatic rings. The highest BCUT2D eigenvalue weighted by atomic mass is 32.3. The van der Waals surface area contributed by atoms with Crippen LogP contribution in [0.3, 0.4) is 0 Å². The second-order valence-corrected chi connectivity index (χ2v) is 6.11. The van der Waals surface area contributed by atoms with Gasteiger partial charge < -0.3 is 14.2 Å². The summed E-state index contributed by atoms with van der Waals surface area (Å²) in [7, 11) is -5.17. The van der Waals surface area contributed by atoms with Crippen LogP contribution < -0.4 is 0 Å². The Kier molecular flexibility index (Phi) is 16.8. The van der Waals surface area contributed by atoms with Gasteiger partial charge in [0.25, 0.3) is 0 Å². The number of hydrogen-bond donors (Lipinski definition) is 1. The van der Waals surface area contributed by atoms with Crippen LogP contribution in [0.2, 0.25) is 0 Å². The van der Waals surface area contributed by atoms with Crippen molar-refractivity contribution < 1.29 is 22.6 Å². The van der Waals surface area contributed by atoms with E-state index in [4.69, 9.17) is 22.6 Å². The number of aliphatic hydroxyl groups excluding tert-OH is 1. The Bertz CT molecular complexity index is 269. The molecule has 0 rings (SSSR count). The lowest BCUT2D eigenvalue weighted by Crippen LogP contribution is -1.95. The summed E-state index contributed by atoms with van der Waals surface area (Å²) in [6, 6.07) is 0. The molecule has 0 aliphatic heterocycles. The lowest BCUT2D eigenvalue weighted by Gasteiger charge is -2.10. The van der Waals surface area contributed by atoms with Gasteiger partial charge in [-0.25, -0.2) is 0 Å². The van der Waals surface area contributed by atoms with Crippen LogP contribution in [0, 0.1) is 5.92 Å². The summed E-state index contributed by atoms with van der Waals surface area (Å²) < 4.78 is 34.1. The van der Waals surface area contributed by atoms with E-state index in [-0.39, 0.29) is 0 Å². The maximum atomic E-state index is 8.66. The summed E-state index contributed by atoms with van der Waals surface area (Å²) in [6.45, 7) is 5.01. The fourth-order valence-corrected chi connectivity index (χ4v) is 2.02. The lowest BCUT2D eigenvalue weighted by molar-refractivity contribution is 0.280. The highest BCUT2D eigenvalue weighted by Gasteiger charge is 2.01. The molecule has 0 heterocycles. The number of rotatable bonds is 11. The van der Waals surface area contributed by atoms with Crippen LogP contribution in [-0.4, -0.2) is 29.2 Å². The maximum Gasteiger partial charge on any atom is 0.0431 e. The first-order valence-electron chi connectivity index (χ1n) is 7.58. The van der Waals surface area contributed by atoms with Crippen molar-refractivity contribution in [3.63, 3.8) is 0 Å². The summed E-state index contributed by atoms with van der Waals surface area (Å²) in [5, 5.41) is 8.66. The van der Waals surface area contributed by atoms with Gasteiger partial charge >= 0.3 is 0 Å². The van der Waals surface area contributed by atoms with E-state index in [0.29, 0.717) is 6.61 Å². The van der Waals surface area contributed by atoms with Crippen molar-refractivity contribution >= 4 is 10.4 Å². The largest absolute Gasteiger partial charge is 0.759 e. The minimum absolute atomic E-state index is 0.366. The Morgan fingerprint density at radius 2 is 1.30 bits per heavy atom. The van der Waals surface area contributed by atoms with E-state index in [1.54, 1.807) is 0 Å². The molecule has 0 radical (unpaired) electrons. The summed E-state index contributed by atoms with van der Waals surface area (Å²) in [6.07, 6.45) is 13.3. The van der Waals surface area contributed by atoms with Gasteiger partial charge in [0.15, 0.2) is 0 Å². The second-order valence-electron chi connectivity index (χ2n) is 5.29. The van der Waals surface area contributed by atoms with Crippen LogP contribution in [0.25, 0.3) is 0 Å². The van der Waals surface area contributed by atoms with E-state index < -0.39 is 10.4 Å². The van der Waals surface area contributed by atoms with Crippen LogP contribution in [0.5, 0.6) is 0 Å². The quantitative estimate of drug-likeness (QED) is 0.359. The normalized spacial score (nSPS) is 12.7. The molecule has 0 aromatic carbocycles. The number of aliphatic hydroxyl groups is 1. The molecule has 0 aliphatic carbocycles. The van der Waals surface area contributed by atoms with Crippen molar-refractivity contribution in [1.29, 1.82) is 0 Å². The molecule has 0 fully saturated rings. The molecule has 6 heteroatoms. The molecule has 1 unspecified atom stereocenters.